The average molecular weight is 277 g/mol. The summed E-state index contributed by atoms with van der Waals surface area (Å²) in [6, 6.07) is 5.92. The van der Waals surface area contributed by atoms with Gasteiger partial charge in [-0.25, -0.2) is 9.78 Å². The highest BCUT2D eigenvalue weighted by Crippen LogP contribution is 2.21. The molecular weight excluding hydrogens is 254 g/mol. The molecule has 0 saturated carbocycles. The van der Waals surface area contributed by atoms with E-state index in [0.717, 1.165) is 25.2 Å². The standard InChI is InChI=1S/C15H23N3O2/c1-15(2,3)20-14(19)18-10-6-7-12(18)11-17-13-8-4-5-9-16-13/h4-5,8-9,12H,6-7,10-11H2,1-3H3,(H,16,17)/t12-/m1/s1. The minimum absolute atomic E-state index is 0.173. The molecule has 1 N–H and O–H groups in total. The Hall–Kier alpha value is -1.78. The van der Waals surface area contributed by atoms with Crippen molar-refractivity contribution in [1.29, 1.82) is 0 Å². The fourth-order valence-corrected chi connectivity index (χ4v) is 2.30. The number of aromatic nitrogens is 1. The lowest BCUT2D eigenvalue weighted by Gasteiger charge is -2.28. The summed E-state index contributed by atoms with van der Waals surface area (Å²) in [6.07, 6.45) is 3.55. The number of nitrogens with one attached hydrogen (secondary N) is 1. The first-order chi connectivity index (χ1) is 9.46. The van der Waals surface area contributed by atoms with Crippen LogP contribution >= 0.6 is 0 Å². The van der Waals surface area contributed by atoms with E-state index in [1.165, 1.54) is 0 Å². The Morgan fingerprint density at radius 3 is 2.95 bits per heavy atom. The van der Waals surface area contributed by atoms with Gasteiger partial charge in [-0.05, 0) is 45.7 Å². The minimum atomic E-state index is -0.446. The third-order valence-electron chi connectivity index (χ3n) is 3.19. The highest BCUT2D eigenvalue weighted by Gasteiger charge is 2.31. The van der Waals surface area contributed by atoms with Crippen LogP contribution < -0.4 is 5.32 Å². The van der Waals surface area contributed by atoms with E-state index >= 15 is 0 Å². The molecule has 2 heterocycles. The van der Waals surface area contributed by atoms with Crippen molar-refractivity contribution >= 4 is 11.9 Å². The summed E-state index contributed by atoms with van der Waals surface area (Å²) < 4.78 is 5.45. The van der Waals surface area contributed by atoms with Crippen molar-refractivity contribution in [2.45, 2.75) is 45.3 Å². The highest BCUT2D eigenvalue weighted by atomic mass is 16.6. The van der Waals surface area contributed by atoms with E-state index in [9.17, 15) is 4.79 Å². The number of pyridine rings is 1. The van der Waals surface area contributed by atoms with Crippen LogP contribution in [0.15, 0.2) is 24.4 Å². The second-order valence-corrected chi connectivity index (χ2v) is 6.07. The van der Waals surface area contributed by atoms with Crippen molar-refractivity contribution in [3.63, 3.8) is 0 Å². The number of hydrogen-bond donors (Lipinski definition) is 1. The largest absolute Gasteiger partial charge is 0.444 e. The fourth-order valence-electron chi connectivity index (χ4n) is 2.30. The van der Waals surface area contributed by atoms with E-state index in [-0.39, 0.29) is 12.1 Å². The smallest absolute Gasteiger partial charge is 0.410 e. The molecule has 20 heavy (non-hydrogen) atoms. The van der Waals surface area contributed by atoms with Crippen LogP contribution in [0.5, 0.6) is 0 Å². The zero-order valence-electron chi connectivity index (χ0n) is 12.4. The molecule has 1 aromatic rings. The van der Waals surface area contributed by atoms with Gasteiger partial charge >= 0.3 is 6.09 Å². The highest BCUT2D eigenvalue weighted by molar-refractivity contribution is 5.69. The maximum Gasteiger partial charge on any atom is 0.410 e. The molecule has 110 valence electrons. The van der Waals surface area contributed by atoms with Crippen molar-refractivity contribution in [2.24, 2.45) is 0 Å². The summed E-state index contributed by atoms with van der Waals surface area (Å²) in [6.45, 7) is 7.14. The number of hydrogen-bond acceptors (Lipinski definition) is 4. The molecule has 1 aliphatic heterocycles. The number of likely N-dealkylation sites (tertiary alicyclic amines) is 1. The maximum absolute atomic E-state index is 12.1. The van der Waals surface area contributed by atoms with Gasteiger partial charge in [0.2, 0.25) is 0 Å². The number of amides is 1. The summed E-state index contributed by atoms with van der Waals surface area (Å²) in [4.78, 5) is 18.2. The first kappa shape index (κ1) is 14.6. The van der Waals surface area contributed by atoms with Crippen molar-refractivity contribution in [3.8, 4) is 0 Å². The summed E-state index contributed by atoms with van der Waals surface area (Å²) in [7, 11) is 0. The van der Waals surface area contributed by atoms with Crippen molar-refractivity contribution in [2.75, 3.05) is 18.4 Å². The van der Waals surface area contributed by atoms with E-state index < -0.39 is 5.60 Å². The van der Waals surface area contributed by atoms with Gasteiger partial charge in [0.15, 0.2) is 0 Å². The Morgan fingerprint density at radius 2 is 2.30 bits per heavy atom. The second kappa shape index (κ2) is 6.11. The molecule has 1 amide bonds. The van der Waals surface area contributed by atoms with Gasteiger partial charge in [0, 0.05) is 19.3 Å². The van der Waals surface area contributed by atoms with E-state index in [1.54, 1.807) is 6.20 Å². The molecule has 1 saturated heterocycles. The van der Waals surface area contributed by atoms with Crippen LogP contribution in [-0.2, 0) is 4.74 Å². The summed E-state index contributed by atoms with van der Waals surface area (Å²) >= 11 is 0. The van der Waals surface area contributed by atoms with E-state index in [0.29, 0.717) is 6.54 Å². The van der Waals surface area contributed by atoms with Crippen LogP contribution in [0.4, 0.5) is 10.6 Å². The van der Waals surface area contributed by atoms with E-state index in [1.807, 2.05) is 43.9 Å². The van der Waals surface area contributed by atoms with Crippen molar-refractivity contribution < 1.29 is 9.53 Å². The molecule has 0 unspecified atom stereocenters. The monoisotopic (exact) mass is 277 g/mol. The molecule has 0 spiro atoms. The van der Waals surface area contributed by atoms with Gasteiger partial charge in [-0.3, -0.25) is 0 Å². The predicted octanol–water partition coefficient (Wildman–Crippen LogP) is 2.89. The van der Waals surface area contributed by atoms with E-state index in [4.69, 9.17) is 4.74 Å². The Labute approximate surface area is 120 Å². The Bertz CT molecular complexity index is 442. The predicted molar refractivity (Wildman–Crippen MR) is 78.7 cm³/mol. The molecule has 5 heteroatoms. The number of carbonyl (C=O) groups is 1. The summed E-state index contributed by atoms with van der Waals surface area (Å²) in [5.41, 5.74) is -0.446. The van der Waals surface area contributed by atoms with Gasteiger partial charge in [-0.2, -0.15) is 0 Å². The average Bonchev–Trinajstić information content (AvgIpc) is 2.84. The molecule has 0 aromatic carbocycles. The van der Waals surface area contributed by atoms with Crippen LogP contribution in [0.1, 0.15) is 33.6 Å². The SMILES string of the molecule is CC(C)(C)OC(=O)N1CCC[C@@H]1CNc1ccccn1. The lowest BCUT2D eigenvalue weighted by Crippen LogP contribution is -2.42. The molecule has 1 aromatic heterocycles. The van der Waals surface area contributed by atoms with Crippen LogP contribution in [0.2, 0.25) is 0 Å². The second-order valence-electron chi connectivity index (χ2n) is 6.07. The Balaban J connectivity index is 1.89. The summed E-state index contributed by atoms with van der Waals surface area (Å²) in [5, 5.41) is 3.27. The van der Waals surface area contributed by atoms with Gasteiger partial charge in [0.05, 0.1) is 6.04 Å². The third-order valence-corrected chi connectivity index (χ3v) is 3.19. The number of nitrogens with zero attached hydrogens (tertiary/aromatic N) is 2. The quantitative estimate of drug-likeness (QED) is 0.923. The minimum Gasteiger partial charge on any atom is -0.444 e. The maximum atomic E-state index is 12.1. The van der Waals surface area contributed by atoms with Crippen LogP contribution in [0.25, 0.3) is 0 Å². The normalized spacial score (nSPS) is 18.9. The van der Waals surface area contributed by atoms with Crippen molar-refractivity contribution in [3.05, 3.63) is 24.4 Å². The first-order valence-corrected chi connectivity index (χ1v) is 7.10. The zero-order chi connectivity index (χ0) is 14.6. The molecule has 1 atom stereocenters. The molecule has 1 aliphatic rings. The Kier molecular flexibility index (Phi) is 4.47. The first-order valence-electron chi connectivity index (χ1n) is 7.10. The zero-order valence-corrected chi connectivity index (χ0v) is 12.4. The number of rotatable bonds is 3. The van der Waals surface area contributed by atoms with Crippen molar-refractivity contribution in [1.82, 2.24) is 9.88 Å². The van der Waals surface area contributed by atoms with Gasteiger partial charge in [0.25, 0.3) is 0 Å². The number of anilines is 1. The van der Waals surface area contributed by atoms with Crippen LogP contribution in [0.3, 0.4) is 0 Å². The topological polar surface area (TPSA) is 54.5 Å². The van der Waals surface area contributed by atoms with Gasteiger partial charge in [-0.15, -0.1) is 0 Å². The third kappa shape index (κ3) is 4.11. The number of ether oxygens (including phenoxy) is 1. The molecule has 0 bridgehead atoms. The molecule has 0 radical (unpaired) electrons. The van der Waals surface area contributed by atoms with Gasteiger partial charge in [0.1, 0.15) is 11.4 Å². The van der Waals surface area contributed by atoms with Gasteiger partial charge < -0.3 is 15.0 Å². The Morgan fingerprint density at radius 1 is 1.50 bits per heavy atom. The molecule has 0 aliphatic carbocycles. The van der Waals surface area contributed by atoms with Crippen LogP contribution in [-0.4, -0.2) is 40.7 Å². The molecular formula is C15H23N3O2. The van der Waals surface area contributed by atoms with E-state index in [2.05, 4.69) is 10.3 Å². The molecule has 2 rings (SSSR count). The molecule has 5 nitrogen and oxygen atoms in total. The van der Waals surface area contributed by atoms with Crippen LogP contribution in [0, 0.1) is 0 Å². The van der Waals surface area contributed by atoms with Gasteiger partial charge in [-0.1, -0.05) is 6.07 Å². The fraction of sp³-hybridized carbons (Fsp3) is 0.600. The molecule has 1 fully saturated rings. The lowest BCUT2D eigenvalue weighted by molar-refractivity contribution is 0.0235. The lowest BCUT2D eigenvalue weighted by atomic mass is 10.2. The summed E-state index contributed by atoms with van der Waals surface area (Å²) in [5.74, 6) is 0.837. The number of carbonyl (C=O) groups excluding carboxylic acids is 1.